The number of hydrogen-bond acceptors (Lipinski definition) is 4. The van der Waals surface area contributed by atoms with E-state index in [1.807, 2.05) is 19.1 Å². The van der Waals surface area contributed by atoms with E-state index in [1.54, 1.807) is 0 Å². The highest BCUT2D eigenvalue weighted by atomic mass is 16.5. The Morgan fingerprint density at radius 3 is 3.05 bits per heavy atom. The summed E-state index contributed by atoms with van der Waals surface area (Å²) in [7, 11) is 0. The molecule has 1 saturated heterocycles. The molecule has 22 heavy (non-hydrogen) atoms. The first-order valence-corrected chi connectivity index (χ1v) is 8.02. The average molecular weight is 305 g/mol. The fourth-order valence-corrected chi connectivity index (χ4v) is 2.99. The van der Waals surface area contributed by atoms with Gasteiger partial charge in [0.25, 0.3) is 0 Å². The largest absolute Gasteiger partial charge is 0.494 e. The quantitative estimate of drug-likeness (QED) is 0.906. The average Bonchev–Trinajstić information content (AvgIpc) is 3.13. The van der Waals surface area contributed by atoms with Crippen molar-refractivity contribution in [2.45, 2.75) is 51.9 Å². The zero-order valence-electron chi connectivity index (χ0n) is 13.2. The Balaban J connectivity index is 1.71. The van der Waals surface area contributed by atoms with Gasteiger partial charge in [0, 0.05) is 30.7 Å². The van der Waals surface area contributed by atoms with Gasteiger partial charge >= 0.3 is 0 Å². The lowest BCUT2D eigenvalue weighted by atomic mass is 10.1. The van der Waals surface area contributed by atoms with E-state index in [9.17, 15) is 4.79 Å². The van der Waals surface area contributed by atoms with Crippen molar-refractivity contribution in [2.75, 3.05) is 13.2 Å². The summed E-state index contributed by atoms with van der Waals surface area (Å²) < 4.78 is 16.9. The molecule has 2 heterocycles. The number of amides is 1. The van der Waals surface area contributed by atoms with Crippen LogP contribution in [0, 0.1) is 0 Å². The van der Waals surface area contributed by atoms with Gasteiger partial charge in [-0.25, -0.2) is 0 Å². The number of ether oxygens (including phenoxy) is 3. The van der Waals surface area contributed by atoms with Crippen LogP contribution < -0.4 is 14.8 Å². The molecule has 1 fully saturated rings. The standard InChI is InChI=1S/C17H23NO4/c1-3-20-15-8-12-7-11(2)22-16(12)9-13(15)10-18-17(19)14-5-4-6-21-14/h8-9,11,14H,3-7,10H2,1-2H3,(H,18,19)/t11-,14-/m0/s1. The Hall–Kier alpha value is -1.75. The first-order valence-electron chi connectivity index (χ1n) is 8.02. The molecule has 2 atom stereocenters. The maximum atomic E-state index is 12.1. The van der Waals surface area contributed by atoms with Gasteiger partial charge < -0.3 is 19.5 Å². The summed E-state index contributed by atoms with van der Waals surface area (Å²) in [6.07, 6.45) is 2.54. The molecule has 2 aliphatic heterocycles. The second-order valence-electron chi connectivity index (χ2n) is 5.85. The molecule has 1 amide bonds. The van der Waals surface area contributed by atoms with E-state index in [4.69, 9.17) is 14.2 Å². The molecular weight excluding hydrogens is 282 g/mol. The van der Waals surface area contributed by atoms with E-state index in [0.717, 1.165) is 36.3 Å². The van der Waals surface area contributed by atoms with Crippen LogP contribution in [0.15, 0.2) is 12.1 Å². The van der Waals surface area contributed by atoms with Gasteiger partial charge in [-0.2, -0.15) is 0 Å². The number of benzene rings is 1. The smallest absolute Gasteiger partial charge is 0.249 e. The van der Waals surface area contributed by atoms with E-state index in [0.29, 0.717) is 19.8 Å². The van der Waals surface area contributed by atoms with Gasteiger partial charge in [-0.05, 0) is 38.8 Å². The lowest BCUT2D eigenvalue weighted by Gasteiger charge is -2.15. The van der Waals surface area contributed by atoms with Gasteiger partial charge in [0.2, 0.25) is 5.91 Å². The summed E-state index contributed by atoms with van der Waals surface area (Å²) in [6.45, 7) is 5.72. The van der Waals surface area contributed by atoms with Crippen molar-refractivity contribution in [3.8, 4) is 11.5 Å². The Morgan fingerprint density at radius 2 is 2.32 bits per heavy atom. The van der Waals surface area contributed by atoms with Crippen molar-refractivity contribution in [3.63, 3.8) is 0 Å². The minimum Gasteiger partial charge on any atom is -0.494 e. The third kappa shape index (κ3) is 3.19. The molecule has 0 spiro atoms. The molecule has 1 N–H and O–H groups in total. The fourth-order valence-electron chi connectivity index (χ4n) is 2.99. The molecular formula is C17H23NO4. The summed E-state index contributed by atoms with van der Waals surface area (Å²) in [5, 5.41) is 2.94. The number of rotatable bonds is 5. The summed E-state index contributed by atoms with van der Waals surface area (Å²) in [4.78, 5) is 12.1. The monoisotopic (exact) mass is 305 g/mol. The molecule has 0 radical (unpaired) electrons. The van der Waals surface area contributed by atoms with Crippen molar-refractivity contribution in [2.24, 2.45) is 0 Å². The van der Waals surface area contributed by atoms with Gasteiger partial charge in [0.05, 0.1) is 6.61 Å². The number of carbonyl (C=O) groups is 1. The van der Waals surface area contributed by atoms with E-state index < -0.39 is 0 Å². The SMILES string of the molecule is CCOc1cc2c(cc1CNC(=O)[C@@H]1CCCO1)O[C@@H](C)C2. The van der Waals surface area contributed by atoms with E-state index in [1.165, 1.54) is 5.56 Å². The number of fused-ring (bicyclic) bond motifs is 1. The Morgan fingerprint density at radius 1 is 1.45 bits per heavy atom. The summed E-state index contributed by atoms with van der Waals surface area (Å²) in [6, 6.07) is 4.02. The normalized spacial score (nSPS) is 23.0. The fraction of sp³-hybridized carbons (Fsp3) is 0.588. The molecule has 5 heteroatoms. The Kier molecular flexibility index (Phi) is 4.52. The van der Waals surface area contributed by atoms with Gasteiger partial charge in [-0.1, -0.05) is 0 Å². The second-order valence-corrected chi connectivity index (χ2v) is 5.85. The molecule has 5 nitrogen and oxygen atoms in total. The maximum Gasteiger partial charge on any atom is 0.249 e. The van der Waals surface area contributed by atoms with Crippen LogP contribution in [0.1, 0.15) is 37.8 Å². The Labute approximate surface area is 130 Å². The van der Waals surface area contributed by atoms with Crippen LogP contribution in [0.2, 0.25) is 0 Å². The molecule has 0 aliphatic carbocycles. The predicted octanol–water partition coefficient (Wildman–Crippen LogP) is 2.20. The van der Waals surface area contributed by atoms with E-state index in [2.05, 4.69) is 12.2 Å². The zero-order chi connectivity index (χ0) is 15.5. The molecule has 120 valence electrons. The molecule has 2 aliphatic rings. The second kappa shape index (κ2) is 6.57. The number of carbonyl (C=O) groups excluding carboxylic acids is 1. The topological polar surface area (TPSA) is 56.8 Å². The number of nitrogens with one attached hydrogen (secondary N) is 1. The third-order valence-electron chi connectivity index (χ3n) is 4.05. The molecule has 1 aromatic rings. The lowest BCUT2D eigenvalue weighted by molar-refractivity contribution is -0.130. The van der Waals surface area contributed by atoms with Crippen molar-refractivity contribution < 1.29 is 19.0 Å². The molecule has 0 aromatic heterocycles. The van der Waals surface area contributed by atoms with Gasteiger partial charge in [0.1, 0.15) is 23.7 Å². The van der Waals surface area contributed by atoms with Crippen LogP contribution in [0.4, 0.5) is 0 Å². The molecule has 3 rings (SSSR count). The summed E-state index contributed by atoms with van der Waals surface area (Å²) in [5.41, 5.74) is 2.12. The predicted molar refractivity (Wildman–Crippen MR) is 82.2 cm³/mol. The Bertz CT molecular complexity index is 552. The highest BCUT2D eigenvalue weighted by molar-refractivity contribution is 5.81. The van der Waals surface area contributed by atoms with Gasteiger partial charge in [-0.3, -0.25) is 4.79 Å². The van der Waals surface area contributed by atoms with Crippen molar-refractivity contribution in [3.05, 3.63) is 23.3 Å². The van der Waals surface area contributed by atoms with Gasteiger partial charge in [-0.15, -0.1) is 0 Å². The maximum absolute atomic E-state index is 12.1. The molecule has 1 aromatic carbocycles. The van der Waals surface area contributed by atoms with Crippen molar-refractivity contribution in [1.29, 1.82) is 0 Å². The molecule has 0 bridgehead atoms. The third-order valence-corrected chi connectivity index (χ3v) is 4.05. The van der Waals surface area contributed by atoms with Crippen LogP contribution in [0.25, 0.3) is 0 Å². The molecule has 0 unspecified atom stereocenters. The van der Waals surface area contributed by atoms with Crippen LogP contribution in [-0.4, -0.2) is 31.3 Å². The van der Waals surface area contributed by atoms with Crippen LogP contribution in [0.5, 0.6) is 11.5 Å². The summed E-state index contributed by atoms with van der Waals surface area (Å²) in [5.74, 6) is 1.68. The van der Waals surface area contributed by atoms with E-state index >= 15 is 0 Å². The lowest BCUT2D eigenvalue weighted by Crippen LogP contribution is -2.33. The van der Waals surface area contributed by atoms with Crippen molar-refractivity contribution >= 4 is 5.91 Å². The minimum absolute atomic E-state index is 0.0465. The van der Waals surface area contributed by atoms with Crippen LogP contribution >= 0.6 is 0 Å². The molecule has 0 saturated carbocycles. The first kappa shape index (κ1) is 15.2. The first-order chi connectivity index (χ1) is 10.7. The summed E-state index contributed by atoms with van der Waals surface area (Å²) >= 11 is 0. The highest BCUT2D eigenvalue weighted by Gasteiger charge is 2.25. The van der Waals surface area contributed by atoms with Crippen LogP contribution in [-0.2, 0) is 22.5 Å². The van der Waals surface area contributed by atoms with Crippen molar-refractivity contribution in [1.82, 2.24) is 5.32 Å². The number of hydrogen-bond donors (Lipinski definition) is 1. The van der Waals surface area contributed by atoms with E-state index in [-0.39, 0.29) is 18.1 Å². The van der Waals surface area contributed by atoms with Crippen LogP contribution in [0.3, 0.4) is 0 Å². The zero-order valence-corrected chi connectivity index (χ0v) is 13.2. The van der Waals surface area contributed by atoms with Gasteiger partial charge in [0.15, 0.2) is 0 Å². The minimum atomic E-state index is -0.304. The highest BCUT2D eigenvalue weighted by Crippen LogP contribution is 2.35.